The molecule has 0 bridgehead atoms. The summed E-state index contributed by atoms with van der Waals surface area (Å²) in [5, 5.41) is 15.3. The summed E-state index contributed by atoms with van der Waals surface area (Å²) in [5.41, 5.74) is 4.49. The number of methoxy groups -OCH3 is 1. The van der Waals surface area contributed by atoms with Crippen molar-refractivity contribution in [3.63, 3.8) is 0 Å². The van der Waals surface area contributed by atoms with Crippen LogP contribution < -0.4 is 15.2 Å². The van der Waals surface area contributed by atoms with Crippen LogP contribution in [0, 0.1) is 25.7 Å². The van der Waals surface area contributed by atoms with Gasteiger partial charge in [-0.3, -0.25) is 0 Å². The van der Waals surface area contributed by atoms with Gasteiger partial charge in [0, 0.05) is 24.7 Å². The number of carboxylic acids is 1. The second-order valence-corrected chi connectivity index (χ2v) is 8.90. The first-order chi connectivity index (χ1) is 14.9. The van der Waals surface area contributed by atoms with Crippen LogP contribution >= 0.6 is 12.2 Å². The van der Waals surface area contributed by atoms with Crippen molar-refractivity contribution in [1.29, 1.82) is 0 Å². The standard InChI is InChI=1S/C25H32N2O3S/c1-17-4-5-18(2)23(14-17)26-25(31)27(16-20-8-12-22(30-3)13-9-20)15-19-6-10-21(11-7-19)24(28)29/h4-5,8-9,12-14,19,21H,6-7,10-11,15-16H2,1-3H3,(H,26,31)(H,28,29)/p-1. The fourth-order valence-corrected chi connectivity index (χ4v) is 4.38. The maximum absolute atomic E-state index is 11.2. The van der Waals surface area contributed by atoms with Crippen LogP contribution in [0.3, 0.4) is 0 Å². The highest BCUT2D eigenvalue weighted by atomic mass is 32.1. The summed E-state index contributed by atoms with van der Waals surface area (Å²) in [6, 6.07) is 14.3. The highest BCUT2D eigenvalue weighted by Gasteiger charge is 2.25. The third kappa shape index (κ3) is 6.44. The van der Waals surface area contributed by atoms with Crippen LogP contribution in [0.2, 0.25) is 0 Å². The van der Waals surface area contributed by atoms with Crippen LogP contribution in [0.25, 0.3) is 0 Å². The molecular formula is C25H31N2O3S-. The van der Waals surface area contributed by atoms with E-state index in [4.69, 9.17) is 17.0 Å². The number of aliphatic carboxylic acids is 1. The number of nitrogens with one attached hydrogen (secondary N) is 1. The minimum atomic E-state index is -0.916. The highest BCUT2D eigenvalue weighted by Crippen LogP contribution is 2.30. The minimum Gasteiger partial charge on any atom is -0.550 e. The maximum atomic E-state index is 11.2. The molecule has 0 radical (unpaired) electrons. The monoisotopic (exact) mass is 439 g/mol. The van der Waals surface area contributed by atoms with Gasteiger partial charge in [0.1, 0.15) is 5.75 Å². The molecule has 1 N–H and O–H groups in total. The van der Waals surface area contributed by atoms with Crippen molar-refractivity contribution in [2.24, 2.45) is 11.8 Å². The topological polar surface area (TPSA) is 64.6 Å². The Hall–Kier alpha value is -2.60. The first-order valence-electron chi connectivity index (χ1n) is 10.8. The molecule has 3 rings (SSSR count). The van der Waals surface area contributed by atoms with Crippen molar-refractivity contribution in [3.05, 3.63) is 59.2 Å². The molecule has 6 heteroatoms. The number of ether oxygens (including phenoxy) is 1. The van der Waals surface area contributed by atoms with Gasteiger partial charge in [0.2, 0.25) is 0 Å². The van der Waals surface area contributed by atoms with E-state index in [9.17, 15) is 9.90 Å². The molecule has 1 aliphatic carbocycles. The molecule has 2 aromatic carbocycles. The van der Waals surface area contributed by atoms with Gasteiger partial charge < -0.3 is 24.9 Å². The summed E-state index contributed by atoms with van der Waals surface area (Å²) in [5.74, 6) is 0.00570. The second kappa shape index (κ2) is 10.6. The summed E-state index contributed by atoms with van der Waals surface area (Å²) < 4.78 is 5.27. The lowest BCUT2D eigenvalue weighted by molar-refractivity contribution is -0.312. The van der Waals surface area contributed by atoms with Crippen molar-refractivity contribution in [2.45, 2.75) is 46.1 Å². The predicted octanol–water partition coefficient (Wildman–Crippen LogP) is 4.07. The molecule has 31 heavy (non-hydrogen) atoms. The Bertz CT molecular complexity index is 905. The van der Waals surface area contributed by atoms with E-state index in [0.29, 0.717) is 30.4 Å². The van der Waals surface area contributed by atoms with Crippen molar-refractivity contribution >= 4 is 29.0 Å². The average Bonchev–Trinajstić information content (AvgIpc) is 2.76. The molecular weight excluding hydrogens is 408 g/mol. The van der Waals surface area contributed by atoms with Crippen LogP contribution in [0.1, 0.15) is 42.4 Å². The number of hydrogen-bond acceptors (Lipinski definition) is 4. The number of nitrogens with zero attached hydrogens (tertiary/aromatic N) is 1. The van der Waals surface area contributed by atoms with E-state index in [0.717, 1.165) is 42.0 Å². The van der Waals surface area contributed by atoms with Crippen molar-refractivity contribution in [1.82, 2.24) is 4.90 Å². The summed E-state index contributed by atoms with van der Waals surface area (Å²) in [6.07, 6.45) is 3.12. The Balaban J connectivity index is 1.73. The first-order valence-corrected chi connectivity index (χ1v) is 11.2. The maximum Gasteiger partial charge on any atom is 0.173 e. The molecule has 1 fully saturated rings. The van der Waals surface area contributed by atoms with Gasteiger partial charge in [-0.05, 0) is 98.5 Å². The van der Waals surface area contributed by atoms with Crippen LogP contribution in [-0.2, 0) is 11.3 Å². The lowest BCUT2D eigenvalue weighted by Gasteiger charge is -2.34. The van der Waals surface area contributed by atoms with Gasteiger partial charge >= 0.3 is 0 Å². The largest absolute Gasteiger partial charge is 0.550 e. The van der Waals surface area contributed by atoms with E-state index in [1.165, 1.54) is 5.56 Å². The number of carbonyl (C=O) groups is 1. The zero-order chi connectivity index (χ0) is 22.4. The van der Waals surface area contributed by atoms with E-state index in [1.807, 2.05) is 12.1 Å². The molecule has 0 heterocycles. The first kappa shape index (κ1) is 23.1. The zero-order valence-electron chi connectivity index (χ0n) is 18.5. The number of benzene rings is 2. The SMILES string of the molecule is COc1ccc(CN(CC2CCC(C(=O)[O-])CC2)C(=S)Nc2cc(C)ccc2C)cc1. The highest BCUT2D eigenvalue weighted by molar-refractivity contribution is 7.80. The number of carbonyl (C=O) groups excluding carboxylic acids is 1. The number of carboxylic acid groups (broad SMARTS) is 1. The second-order valence-electron chi connectivity index (χ2n) is 8.51. The molecule has 2 aromatic rings. The molecule has 0 spiro atoms. The third-order valence-electron chi connectivity index (χ3n) is 6.11. The summed E-state index contributed by atoms with van der Waals surface area (Å²) in [7, 11) is 1.66. The zero-order valence-corrected chi connectivity index (χ0v) is 19.3. The average molecular weight is 440 g/mol. The number of anilines is 1. The summed E-state index contributed by atoms with van der Waals surface area (Å²) >= 11 is 5.83. The molecule has 1 aliphatic rings. The Kier molecular flexibility index (Phi) is 7.91. The van der Waals surface area contributed by atoms with Gasteiger partial charge in [0.15, 0.2) is 5.11 Å². The Morgan fingerprint density at radius 3 is 2.42 bits per heavy atom. The lowest BCUT2D eigenvalue weighted by Crippen LogP contribution is -2.40. The normalized spacial score (nSPS) is 18.3. The molecule has 1 saturated carbocycles. The summed E-state index contributed by atoms with van der Waals surface area (Å²) in [6.45, 7) is 5.61. The molecule has 5 nitrogen and oxygen atoms in total. The molecule has 166 valence electrons. The lowest BCUT2D eigenvalue weighted by atomic mass is 9.82. The Morgan fingerprint density at radius 1 is 1.13 bits per heavy atom. The van der Waals surface area contributed by atoms with E-state index >= 15 is 0 Å². The number of hydrogen-bond donors (Lipinski definition) is 1. The Morgan fingerprint density at radius 2 is 1.81 bits per heavy atom. The number of rotatable bonds is 7. The van der Waals surface area contributed by atoms with Crippen molar-refractivity contribution in [2.75, 3.05) is 19.0 Å². The minimum absolute atomic E-state index is 0.314. The molecule has 0 saturated heterocycles. The van der Waals surface area contributed by atoms with Crippen molar-refractivity contribution in [3.8, 4) is 5.75 Å². The quantitative estimate of drug-likeness (QED) is 0.656. The molecule has 0 atom stereocenters. The van der Waals surface area contributed by atoms with E-state index in [1.54, 1.807) is 7.11 Å². The fraction of sp³-hybridized carbons (Fsp3) is 0.440. The van der Waals surface area contributed by atoms with E-state index in [-0.39, 0.29) is 5.92 Å². The fourth-order valence-electron chi connectivity index (χ4n) is 4.13. The molecule has 0 unspecified atom stereocenters. The van der Waals surface area contributed by atoms with Crippen LogP contribution in [0.4, 0.5) is 5.69 Å². The smallest absolute Gasteiger partial charge is 0.173 e. The molecule has 0 amide bonds. The summed E-state index contributed by atoms with van der Waals surface area (Å²) in [4.78, 5) is 13.4. The van der Waals surface area contributed by atoms with Crippen LogP contribution in [0.15, 0.2) is 42.5 Å². The van der Waals surface area contributed by atoms with E-state index in [2.05, 4.69) is 54.4 Å². The molecule has 0 aromatic heterocycles. The number of aryl methyl sites for hydroxylation is 2. The van der Waals surface area contributed by atoms with Gasteiger partial charge in [-0.15, -0.1) is 0 Å². The van der Waals surface area contributed by atoms with Gasteiger partial charge in [0.05, 0.1) is 7.11 Å². The van der Waals surface area contributed by atoms with Gasteiger partial charge in [-0.1, -0.05) is 24.3 Å². The van der Waals surface area contributed by atoms with Crippen LogP contribution in [-0.4, -0.2) is 29.6 Å². The number of thiocarbonyl (C=S) groups is 1. The van der Waals surface area contributed by atoms with Crippen molar-refractivity contribution < 1.29 is 14.6 Å². The van der Waals surface area contributed by atoms with Gasteiger partial charge in [-0.25, -0.2) is 0 Å². The van der Waals surface area contributed by atoms with Gasteiger partial charge in [0.25, 0.3) is 0 Å². The van der Waals surface area contributed by atoms with Crippen LogP contribution in [0.5, 0.6) is 5.75 Å². The molecule has 0 aliphatic heterocycles. The van der Waals surface area contributed by atoms with E-state index < -0.39 is 5.97 Å². The third-order valence-corrected chi connectivity index (χ3v) is 6.47. The Labute approximate surface area is 190 Å². The predicted molar refractivity (Wildman–Crippen MR) is 126 cm³/mol. The van der Waals surface area contributed by atoms with Gasteiger partial charge in [-0.2, -0.15) is 0 Å².